The minimum Gasteiger partial charge on any atom is -0.380 e. The van der Waals surface area contributed by atoms with Crippen LogP contribution in [0.4, 0.5) is 0 Å². The van der Waals surface area contributed by atoms with Gasteiger partial charge >= 0.3 is 0 Å². The second kappa shape index (κ2) is 3.46. The van der Waals surface area contributed by atoms with Crippen molar-refractivity contribution >= 4 is 11.6 Å². The van der Waals surface area contributed by atoms with Crippen molar-refractivity contribution in [3.63, 3.8) is 0 Å². The topological polar surface area (TPSA) is 6.48 Å². The number of hydrogen-bond donors (Lipinski definition) is 0. The van der Waals surface area contributed by atoms with Gasteiger partial charge in [0, 0.05) is 32.9 Å². The van der Waals surface area contributed by atoms with E-state index >= 15 is 0 Å². The van der Waals surface area contributed by atoms with Crippen LogP contribution in [0.1, 0.15) is 0 Å². The van der Waals surface area contributed by atoms with Crippen molar-refractivity contribution in [3.8, 4) is 0 Å². The molecule has 0 aromatic heterocycles. The van der Waals surface area contributed by atoms with E-state index in [1.807, 2.05) is 14.1 Å². The predicted molar refractivity (Wildman–Crippen MR) is 48.9 cm³/mol. The molecule has 0 N–H and O–H groups in total. The minimum atomic E-state index is 0.156. The number of rotatable bonds is 1. The molecule has 0 fully saturated rings. The van der Waals surface area contributed by atoms with E-state index in [-0.39, 0.29) is 5.38 Å². The van der Waals surface area contributed by atoms with E-state index in [1.54, 1.807) is 0 Å². The number of likely N-dealkylation sites (N-methyl/N-ethyl adjacent to an activating group) is 1. The van der Waals surface area contributed by atoms with Crippen LogP contribution in [0.25, 0.3) is 0 Å². The van der Waals surface area contributed by atoms with E-state index in [2.05, 4.69) is 22.9 Å². The third kappa shape index (κ3) is 2.11. The summed E-state index contributed by atoms with van der Waals surface area (Å²) in [7, 11) is 6.15. The molecule has 3 heteroatoms. The van der Waals surface area contributed by atoms with Gasteiger partial charge in [-0.05, 0) is 13.1 Å². The van der Waals surface area contributed by atoms with Gasteiger partial charge in [-0.15, -0.1) is 11.6 Å². The van der Waals surface area contributed by atoms with Crippen molar-refractivity contribution in [2.45, 2.75) is 5.38 Å². The lowest BCUT2D eigenvalue weighted by atomic mass is 10.2. The van der Waals surface area contributed by atoms with Gasteiger partial charge in [0.15, 0.2) is 0 Å². The van der Waals surface area contributed by atoms with Crippen LogP contribution in [-0.4, -0.2) is 49.4 Å². The van der Waals surface area contributed by atoms with Gasteiger partial charge in [0.25, 0.3) is 0 Å². The average molecular weight is 175 g/mol. The van der Waals surface area contributed by atoms with Crippen LogP contribution in [0.15, 0.2) is 11.8 Å². The minimum absolute atomic E-state index is 0.156. The molecule has 0 aromatic rings. The Balaban J connectivity index is 2.65. The summed E-state index contributed by atoms with van der Waals surface area (Å²) in [6.45, 7) is 1.96. The van der Waals surface area contributed by atoms with Gasteiger partial charge in [-0.1, -0.05) is 0 Å². The van der Waals surface area contributed by atoms with Crippen LogP contribution in [0.3, 0.4) is 0 Å². The number of nitrogens with zero attached hydrogens (tertiary/aromatic N) is 2. The summed E-state index contributed by atoms with van der Waals surface area (Å²) < 4.78 is 0. The second-order valence-electron chi connectivity index (χ2n) is 3.21. The average Bonchev–Trinajstić information content (AvgIpc) is 1.85. The summed E-state index contributed by atoms with van der Waals surface area (Å²) in [5.41, 5.74) is 1.24. The van der Waals surface area contributed by atoms with Crippen molar-refractivity contribution in [1.82, 2.24) is 9.80 Å². The van der Waals surface area contributed by atoms with Gasteiger partial charge in [-0.25, -0.2) is 0 Å². The zero-order valence-electron chi connectivity index (χ0n) is 7.34. The Hall–Kier alpha value is -0.210. The van der Waals surface area contributed by atoms with Gasteiger partial charge in [-0.2, -0.15) is 0 Å². The lowest BCUT2D eigenvalue weighted by Crippen LogP contribution is -2.36. The van der Waals surface area contributed by atoms with Crippen molar-refractivity contribution in [1.29, 1.82) is 0 Å². The molecule has 0 radical (unpaired) electrons. The molecule has 1 heterocycles. The van der Waals surface area contributed by atoms with Crippen molar-refractivity contribution in [3.05, 3.63) is 11.8 Å². The molecule has 0 spiro atoms. The summed E-state index contributed by atoms with van der Waals surface area (Å²) in [6, 6.07) is 0. The highest BCUT2D eigenvalue weighted by Crippen LogP contribution is 2.17. The molecule has 1 atom stereocenters. The molecule has 0 aliphatic carbocycles. The Kier molecular flexibility index (Phi) is 2.79. The summed E-state index contributed by atoms with van der Waals surface area (Å²) in [5, 5.41) is 0.156. The second-order valence-corrected chi connectivity index (χ2v) is 3.74. The van der Waals surface area contributed by atoms with Crippen LogP contribution in [0, 0.1) is 0 Å². The maximum absolute atomic E-state index is 6.12. The standard InChI is InChI=1S/C8H15ClN2/c1-10(2)8-4-5-11(3)6-7(8)9/h4,7H,5-6H2,1-3H3. The molecule has 1 aliphatic heterocycles. The fourth-order valence-corrected chi connectivity index (χ4v) is 1.80. The molecule has 0 saturated heterocycles. The Labute approximate surface area is 73.4 Å². The highest BCUT2D eigenvalue weighted by molar-refractivity contribution is 6.22. The maximum Gasteiger partial charge on any atom is 0.0857 e. The molecule has 0 aromatic carbocycles. The van der Waals surface area contributed by atoms with E-state index in [0.717, 1.165) is 13.1 Å². The lowest BCUT2D eigenvalue weighted by Gasteiger charge is -2.30. The first-order chi connectivity index (χ1) is 5.11. The van der Waals surface area contributed by atoms with Crippen molar-refractivity contribution in [2.24, 2.45) is 0 Å². The first kappa shape index (κ1) is 8.88. The summed E-state index contributed by atoms with van der Waals surface area (Å²) in [5.74, 6) is 0. The van der Waals surface area contributed by atoms with E-state index in [9.17, 15) is 0 Å². The molecule has 1 rings (SSSR count). The summed E-state index contributed by atoms with van der Waals surface area (Å²) in [4.78, 5) is 4.30. The predicted octanol–water partition coefficient (Wildman–Crippen LogP) is 0.985. The fraction of sp³-hybridized carbons (Fsp3) is 0.750. The van der Waals surface area contributed by atoms with E-state index in [1.165, 1.54) is 5.70 Å². The van der Waals surface area contributed by atoms with Gasteiger partial charge < -0.3 is 9.80 Å². The Bertz CT molecular complexity index is 165. The smallest absolute Gasteiger partial charge is 0.0857 e. The van der Waals surface area contributed by atoms with Crippen molar-refractivity contribution < 1.29 is 0 Å². The summed E-state index contributed by atoms with van der Waals surface area (Å²) >= 11 is 6.12. The van der Waals surface area contributed by atoms with Gasteiger partial charge in [0.05, 0.1) is 5.38 Å². The number of halogens is 1. The van der Waals surface area contributed by atoms with Crippen LogP contribution in [0.5, 0.6) is 0 Å². The normalized spacial score (nSPS) is 26.5. The fourth-order valence-electron chi connectivity index (χ4n) is 1.28. The maximum atomic E-state index is 6.12. The molecule has 11 heavy (non-hydrogen) atoms. The number of hydrogen-bond acceptors (Lipinski definition) is 2. The Morgan fingerprint density at radius 1 is 1.64 bits per heavy atom. The highest BCUT2D eigenvalue weighted by Gasteiger charge is 2.18. The van der Waals surface area contributed by atoms with Crippen LogP contribution >= 0.6 is 11.6 Å². The molecule has 0 saturated carbocycles. The quantitative estimate of drug-likeness (QED) is 0.547. The molecule has 2 nitrogen and oxygen atoms in total. The highest BCUT2D eigenvalue weighted by atomic mass is 35.5. The van der Waals surface area contributed by atoms with E-state index in [4.69, 9.17) is 11.6 Å². The van der Waals surface area contributed by atoms with E-state index < -0.39 is 0 Å². The first-order valence-electron chi connectivity index (χ1n) is 3.81. The zero-order valence-corrected chi connectivity index (χ0v) is 8.10. The first-order valence-corrected chi connectivity index (χ1v) is 4.25. The molecule has 64 valence electrons. The van der Waals surface area contributed by atoms with E-state index in [0.29, 0.717) is 0 Å². The Morgan fingerprint density at radius 3 is 2.73 bits per heavy atom. The molecule has 1 unspecified atom stereocenters. The molecular formula is C8H15ClN2. The van der Waals surface area contributed by atoms with Crippen LogP contribution < -0.4 is 0 Å². The largest absolute Gasteiger partial charge is 0.380 e. The van der Waals surface area contributed by atoms with Gasteiger partial charge in [-0.3, -0.25) is 0 Å². The number of alkyl halides is 1. The molecule has 1 aliphatic rings. The lowest BCUT2D eigenvalue weighted by molar-refractivity contribution is 0.332. The van der Waals surface area contributed by atoms with Gasteiger partial charge in [0.2, 0.25) is 0 Å². The SMILES string of the molecule is CN1CC=C(N(C)C)C(Cl)C1. The van der Waals surface area contributed by atoms with Crippen molar-refractivity contribution in [2.75, 3.05) is 34.2 Å². The van der Waals surface area contributed by atoms with Crippen LogP contribution in [-0.2, 0) is 0 Å². The third-order valence-corrected chi connectivity index (χ3v) is 2.28. The molecular weight excluding hydrogens is 160 g/mol. The molecule has 0 amide bonds. The monoisotopic (exact) mass is 174 g/mol. The van der Waals surface area contributed by atoms with Crippen LogP contribution in [0.2, 0.25) is 0 Å². The zero-order chi connectivity index (χ0) is 8.43. The van der Waals surface area contributed by atoms with Gasteiger partial charge in [0.1, 0.15) is 0 Å². The Morgan fingerprint density at radius 2 is 2.27 bits per heavy atom. The third-order valence-electron chi connectivity index (χ3n) is 1.92. The summed E-state index contributed by atoms with van der Waals surface area (Å²) in [6.07, 6.45) is 2.18. The molecule has 0 bridgehead atoms.